The molecule has 0 spiro atoms. The Balaban J connectivity index is 1.72. The smallest absolute Gasteiger partial charge is 0.272 e. The summed E-state index contributed by atoms with van der Waals surface area (Å²) in [6, 6.07) is 15.6. The minimum Gasteiger partial charge on any atom is -0.336 e. The molecule has 1 aromatic carbocycles. The number of benzene rings is 1. The molecule has 1 aliphatic rings. The summed E-state index contributed by atoms with van der Waals surface area (Å²) in [5, 5.41) is 9.77. The van der Waals surface area contributed by atoms with E-state index in [-0.39, 0.29) is 36.9 Å². The third-order valence-corrected chi connectivity index (χ3v) is 10.1. The van der Waals surface area contributed by atoms with Gasteiger partial charge in [0, 0.05) is 34.1 Å². The first kappa shape index (κ1) is 24.3. The molecule has 0 bridgehead atoms. The van der Waals surface area contributed by atoms with Crippen molar-refractivity contribution in [2.75, 3.05) is 18.8 Å². The second kappa shape index (κ2) is 9.83. The predicted octanol–water partition coefficient (Wildman–Crippen LogP) is 3.52. The van der Waals surface area contributed by atoms with Gasteiger partial charge in [-0.15, -0.1) is 11.3 Å². The monoisotopic (exact) mass is 519 g/mol. The van der Waals surface area contributed by atoms with E-state index in [2.05, 4.69) is 4.98 Å². The van der Waals surface area contributed by atoms with Crippen molar-refractivity contribution in [1.29, 1.82) is 0 Å². The molecule has 2 aromatic heterocycles. The van der Waals surface area contributed by atoms with Crippen molar-refractivity contribution in [3.05, 3.63) is 76.4 Å². The number of nitrogens with zero attached hydrogens (tertiary/aromatic N) is 2. The maximum atomic E-state index is 13.6. The van der Waals surface area contributed by atoms with Crippen LogP contribution in [0.4, 0.5) is 0 Å². The molecule has 11 heteroatoms. The van der Waals surface area contributed by atoms with E-state index in [1.165, 1.54) is 22.4 Å². The molecule has 8 nitrogen and oxygen atoms in total. The van der Waals surface area contributed by atoms with Crippen LogP contribution in [0.1, 0.15) is 28.2 Å². The number of hydrogen-bond acceptors (Lipinski definition) is 7. The maximum absolute atomic E-state index is 13.6. The van der Waals surface area contributed by atoms with Gasteiger partial charge < -0.3 is 4.90 Å². The summed E-state index contributed by atoms with van der Waals surface area (Å²) >= 11 is 7.25. The minimum atomic E-state index is -3.90. The van der Waals surface area contributed by atoms with Gasteiger partial charge in [0.1, 0.15) is 10.4 Å². The molecule has 0 unspecified atom stereocenters. The van der Waals surface area contributed by atoms with Gasteiger partial charge in [-0.05, 0) is 48.4 Å². The Hall–Kier alpha value is -2.79. The lowest BCUT2D eigenvalue weighted by molar-refractivity contribution is -0.129. The van der Waals surface area contributed by atoms with Gasteiger partial charge in [0.2, 0.25) is 5.91 Å². The molecule has 0 saturated carbocycles. The molecule has 0 radical (unpaired) electrons. The van der Waals surface area contributed by atoms with E-state index in [9.17, 15) is 23.2 Å². The van der Waals surface area contributed by atoms with Gasteiger partial charge in [0.25, 0.3) is 5.91 Å². The lowest BCUT2D eigenvalue weighted by atomic mass is 9.97. The van der Waals surface area contributed by atoms with Crippen LogP contribution in [-0.2, 0) is 19.4 Å². The first-order chi connectivity index (χ1) is 16.3. The zero-order chi connectivity index (χ0) is 24.3. The van der Waals surface area contributed by atoms with Crippen molar-refractivity contribution >= 4 is 44.6 Å². The molecule has 2 amide bonds. The van der Waals surface area contributed by atoms with Crippen molar-refractivity contribution in [3.63, 3.8) is 0 Å². The number of rotatable bonds is 5. The van der Waals surface area contributed by atoms with Crippen molar-refractivity contribution < 1.29 is 23.2 Å². The average molecular weight is 520 g/mol. The highest BCUT2D eigenvalue weighted by Crippen LogP contribution is 2.45. The summed E-state index contributed by atoms with van der Waals surface area (Å²) in [6.07, 6.45) is 1.04. The number of carbonyl (C=O) groups excluding carboxylic acids is 2. The number of aromatic nitrogens is 1. The van der Waals surface area contributed by atoms with Crippen molar-refractivity contribution in [3.8, 4) is 10.4 Å². The first-order valence-corrected chi connectivity index (χ1v) is 13.3. The Morgan fingerprint density at radius 2 is 1.88 bits per heavy atom. The largest absolute Gasteiger partial charge is 0.336 e. The molecule has 1 saturated heterocycles. The van der Waals surface area contributed by atoms with Crippen LogP contribution in [0.25, 0.3) is 10.4 Å². The van der Waals surface area contributed by atoms with Gasteiger partial charge in [0.05, 0.1) is 12.2 Å². The molecular formula is C23H22ClN3O5S2. The number of carbonyl (C=O) groups is 2. The maximum Gasteiger partial charge on any atom is 0.272 e. The predicted molar refractivity (Wildman–Crippen MR) is 130 cm³/mol. The normalized spacial score (nSPS) is 19.9. The molecule has 0 aliphatic carbocycles. The quantitative estimate of drug-likeness (QED) is 0.393. The fourth-order valence-electron chi connectivity index (χ4n) is 4.08. The van der Waals surface area contributed by atoms with Crippen LogP contribution in [0, 0.1) is 0 Å². The van der Waals surface area contributed by atoms with Gasteiger partial charge in [-0.2, -0.15) is 0 Å². The molecule has 1 atom stereocenters. The number of halogens is 1. The number of nitrogens with one attached hydrogen (secondary N) is 1. The van der Waals surface area contributed by atoms with Crippen LogP contribution in [0.15, 0.2) is 60.8 Å². The van der Waals surface area contributed by atoms with E-state index in [1.807, 2.05) is 12.1 Å². The number of sulfone groups is 1. The zero-order valence-electron chi connectivity index (χ0n) is 18.0. The van der Waals surface area contributed by atoms with Crippen LogP contribution >= 0.6 is 22.9 Å². The van der Waals surface area contributed by atoms with Crippen LogP contribution < -0.4 is 5.48 Å². The minimum absolute atomic E-state index is 0.00188. The van der Waals surface area contributed by atoms with Gasteiger partial charge in [-0.1, -0.05) is 29.8 Å². The van der Waals surface area contributed by atoms with Crippen molar-refractivity contribution in [1.82, 2.24) is 15.4 Å². The van der Waals surface area contributed by atoms with Crippen LogP contribution in [0.2, 0.25) is 5.02 Å². The summed E-state index contributed by atoms with van der Waals surface area (Å²) < 4.78 is 25.7. The molecule has 1 aliphatic heterocycles. The molecule has 1 fully saturated rings. The van der Waals surface area contributed by atoms with Crippen LogP contribution in [0.5, 0.6) is 0 Å². The Bertz CT molecular complexity index is 1300. The fourth-order valence-corrected chi connectivity index (χ4v) is 7.81. The molecule has 3 aromatic rings. The summed E-state index contributed by atoms with van der Waals surface area (Å²) in [4.78, 5) is 32.1. The third-order valence-electron chi connectivity index (χ3n) is 5.94. The topological polar surface area (TPSA) is 117 Å². The average Bonchev–Trinajstić information content (AvgIpc) is 3.29. The van der Waals surface area contributed by atoms with Gasteiger partial charge in [-0.3, -0.25) is 19.8 Å². The SMILES string of the molecule is O=C(C[C@]1(c2ccc(-c3ccc(Cl)cc3)s2)CCN(C(=O)c2ccccn2)CCS1(=O)=O)NO. The van der Waals surface area contributed by atoms with E-state index in [0.29, 0.717) is 9.90 Å². The number of thiophene rings is 1. The Labute approximate surface area is 206 Å². The summed E-state index contributed by atoms with van der Waals surface area (Å²) in [5.74, 6) is -1.50. The Kier molecular flexibility index (Phi) is 7.04. The van der Waals surface area contributed by atoms with E-state index in [1.54, 1.807) is 47.9 Å². The van der Waals surface area contributed by atoms with Gasteiger partial charge >= 0.3 is 0 Å². The van der Waals surface area contributed by atoms with E-state index < -0.39 is 26.9 Å². The second-order valence-electron chi connectivity index (χ2n) is 7.95. The first-order valence-electron chi connectivity index (χ1n) is 10.5. The van der Waals surface area contributed by atoms with Crippen molar-refractivity contribution in [2.45, 2.75) is 17.6 Å². The van der Waals surface area contributed by atoms with E-state index in [4.69, 9.17) is 11.6 Å². The van der Waals surface area contributed by atoms with Crippen LogP contribution in [-0.4, -0.2) is 54.2 Å². The highest BCUT2D eigenvalue weighted by molar-refractivity contribution is 7.92. The lowest BCUT2D eigenvalue weighted by Gasteiger charge is -2.30. The third kappa shape index (κ3) is 4.72. The fraction of sp³-hybridized carbons (Fsp3) is 0.261. The number of amides is 2. The summed E-state index contributed by atoms with van der Waals surface area (Å²) in [7, 11) is -3.90. The second-order valence-corrected chi connectivity index (χ2v) is 11.9. The highest BCUT2D eigenvalue weighted by atomic mass is 35.5. The van der Waals surface area contributed by atoms with Gasteiger partial charge in [-0.25, -0.2) is 13.9 Å². The molecule has 34 heavy (non-hydrogen) atoms. The van der Waals surface area contributed by atoms with Crippen LogP contribution in [0.3, 0.4) is 0 Å². The summed E-state index contributed by atoms with van der Waals surface area (Å²) in [6.45, 7) is 0.0944. The van der Waals surface area contributed by atoms with Crippen molar-refractivity contribution in [2.24, 2.45) is 0 Å². The molecule has 178 valence electrons. The number of pyridine rings is 1. The zero-order valence-corrected chi connectivity index (χ0v) is 20.4. The molecule has 3 heterocycles. The number of hydrogen-bond donors (Lipinski definition) is 2. The molecule has 4 rings (SSSR count). The molecular weight excluding hydrogens is 498 g/mol. The Morgan fingerprint density at radius 1 is 1.12 bits per heavy atom. The van der Waals surface area contributed by atoms with Gasteiger partial charge in [0.15, 0.2) is 9.84 Å². The standard InChI is InChI=1S/C23H22ClN3O5S2/c24-17-6-4-16(5-7-17)19-8-9-20(33-19)23(15-21(28)26-30)10-12-27(13-14-34(23,31)32)22(29)18-3-1-2-11-25-18/h1-9,11,30H,10,12-15H2,(H,26,28)/t23-/m0/s1. The van der Waals surface area contributed by atoms with E-state index >= 15 is 0 Å². The Morgan fingerprint density at radius 3 is 2.56 bits per heavy atom. The highest BCUT2D eigenvalue weighted by Gasteiger charge is 2.50. The number of hydroxylamine groups is 1. The van der Waals surface area contributed by atoms with E-state index in [0.717, 1.165) is 10.4 Å². The molecule has 2 N–H and O–H groups in total. The summed E-state index contributed by atoms with van der Waals surface area (Å²) in [5.41, 5.74) is 2.65. The lowest BCUT2D eigenvalue weighted by Crippen LogP contribution is -2.41.